The Morgan fingerprint density at radius 2 is 1.74 bits per heavy atom. The molecule has 0 aromatic carbocycles. The van der Waals surface area contributed by atoms with Crippen LogP contribution in [0, 0.1) is 17.3 Å². The number of carbonyl (C=O) groups is 3. The normalized spacial score (nSPS) is 32.1. The van der Waals surface area contributed by atoms with Gasteiger partial charge in [0.2, 0.25) is 11.8 Å². The number of rotatable bonds is 3. The molecule has 3 aliphatic rings. The fourth-order valence-electron chi connectivity index (χ4n) is 3.37. The van der Waals surface area contributed by atoms with Gasteiger partial charge in [0.1, 0.15) is 0 Å². The van der Waals surface area contributed by atoms with Crippen molar-refractivity contribution in [1.82, 2.24) is 4.90 Å². The number of hydrogen-bond acceptors (Lipinski definition) is 3. The summed E-state index contributed by atoms with van der Waals surface area (Å²) < 4.78 is 0. The largest absolute Gasteiger partial charge is 0.481 e. The van der Waals surface area contributed by atoms with Gasteiger partial charge in [0.05, 0.1) is 17.3 Å². The molecule has 0 radical (unpaired) electrons. The van der Waals surface area contributed by atoms with Gasteiger partial charge in [-0.2, -0.15) is 0 Å². The van der Waals surface area contributed by atoms with Gasteiger partial charge in [0.25, 0.3) is 0 Å². The van der Waals surface area contributed by atoms with E-state index < -0.39 is 11.4 Å². The standard InChI is InChI=1S/C14H17NO4/c16-11-9-4-1-2-5-10(9)12(17)15(11)8-14(13(18)19)6-3-7-14/h1-2,9-10H,3-8H2,(H,18,19)/t9-,10+. The third-order valence-electron chi connectivity index (χ3n) is 4.82. The number of fused-ring (bicyclic) bond motifs is 1. The smallest absolute Gasteiger partial charge is 0.311 e. The van der Waals surface area contributed by atoms with E-state index in [4.69, 9.17) is 0 Å². The van der Waals surface area contributed by atoms with Crippen molar-refractivity contribution >= 4 is 17.8 Å². The van der Waals surface area contributed by atoms with Gasteiger partial charge >= 0.3 is 5.97 Å². The highest BCUT2D eigenvalue weighted by Crippen LogP contribution is 2.44. The van der Waals surface area contributed by atoms with Crippen LogP contribution in [0.3, 0.4) is 0 Å². The number of carboxylic acid groups (broad SMARTS) is 1. The van der Waals surface area contributed by atoms with Crippen molar-refractivity contribution in [3.05, 3.63) is 12.2 Å². The number of imide groups is 1. The zero-order valence-electron chi connectivity index (χ0n) is 10.7. The summed E-state index contributed by atoms with van der Waals surface area (Å²) in [5.41, 5.74) is -0.883. The second-order valence-electron chi connectivity index (χ2n) is 5.86. The van der Waals surface area contributed by atoms with Crippen molar-refractivity contribution in [2.75, 3.05) is 6.54 Å². The molecule has 1 heterocycles. The van der Waals surface area contributed by atoms with Crippen LogP contribution in [0.15, 0.2) is 12.2 Å². The molecule has 5 nitrogen and oxygen atoms in total. The van der Waals surface area contributed by atoms with Gasteiger partial charge in [-0.05, 0) is 25.7 Å². The number of carbonyl (C=O) groups excluding carboxylic acids is 2. The zero-order chi connectivity index (χ0) is 13.6. The summed E-state index contributed by atoms with van der Waals surface area (Å²) in [5.74, 6) is -1.75. The Hall–Kier alpha value is -1.65. The van der Waals surface area contributed by atoms with Crippen LogP contribution in [-0.4, -0.2) is 34.3 Å². The van der Waals surface area contributed by atoms with E-state index in [0.717, 1.165) is 6.42 Å². The molecule has 1 aliphatic heterocycles. The molecule has 2 atom stereocenters. The minimum Gasteiger partial charge on any atom is -0.481 e. The average Bonchev–Trinajstić information content (AvgIpc) is 2.58. The summed E-state index contributed by atoms with van der Waals surface area (Å²) >= 11 is 0. The predicted octanol–water partition coefficient (Wildman–Crippen LogP) is 1.19. The van der Waals surface area contributed by atoms with Gasteiger partial charge in [-0.1, -0.05) is 18.6 Å². The van der Waals surface area contributed by atoms with Crippen LogP contribution in [-0.2, 0) is 14.4 Å². The van der Waals surface area contributed by atoms with E-state index in [2.05, 4.69) is 0 Å². The van der Waals surface area contributed by atoms with Crippen molar-refractivity contribution in [1.29, 1.82) is 0 Å². The van der Waals surface area contributed by atoms with Gasteiger partial charge in [-0.25, -0.2) is 0 Å². The van der Waals surface area contributed by atoms with Gasteiger partial charge < -0.3 is 5.11 Å². The Kier molecular flexibility index (Phi) is 2.73. The van der Waals surface area contributed by atoms with Crippen molar-refractivity contribution in [2.45, 2.75) is 32.1 Å². The third-order valence-corrected chi connectivity index (χ3v) is 4.82. The first kappa shape index (κ1) is 12.4. The highest BCUT2D eigenvalue weighted by molar-refractivity contribution is 6.05. The second kappa shape index (κ2) is 4.18. The number of hydrogen-bond donors (Lipinski definition) is 1. The number of aliphatic carboxylic acids is 1. The maximum atomic E-state index is 12.3. The molecule has 2 fully saturated rings. The van der Waals surface area contributed by atoms with Crippen LogP contribution < -0.4 is 0 Å². The maximum absolute atomic E-state index is 12.3. The topological polar surface area (TPSA) is 74.7 Å². The van der Waals surface area contributed by atoms with Gasteiger partial charge in [0, 0.05) is 6.54 Å². The molecule has 19 heavy (non-hydrogen) atoms. The van der Waals surface area contributed by atoms with Crippen molar-refractivity contribution < 1.29 is 19.5 Å². The predicted molar refractivity (Wildman–Crippen MR) is 66.0 cm³/mol. The van der Waals surface area contributed by atoms with Crippen LogP contribution in [0.25, 0.3) is 0 Å². The summed E-state index contributed by atoms with van der Waals surface area (Å²) in [5, 5.41) is 9.31. The summed E-state index contributed by atoms with van der Waals surface area (Å²) in [7, 11) is 0. The molecule has 3 rings (SSSR count). The molecule has 0 spiro atoms. The summed E-state index contributed by atoms with van der Waals surface area (Å²) in [6.45, 7) is 0.0625. The van der Waals surface area contributed by atoms with E-state index in [-0.39, 0.29) is 30.2 Å². The van der Waals surface area contributed by atoms with Crippen molar-refractivity contribution in [3.63, 3.8) is 0 Å². The van der Waals surface area contributed by atoms with Crippen LogP contribution in [0.4, 0.5) is 0 Å². The van der Waals surface area contributed by atoms with E-state index in [1.807, 2.05) is 12.2 Å². The maximum Gasteiger partial charge on any atom is 0.311 e. The molecule has 0 aromatic rings. The number of allylic oxidation sites excluding steroid dienone is 2. The Bertz CT molecular complexity index is 452. The molecule has 2 aliphatic carbocycles. The molecule has 102 valence electrons. The Labute approximate surface area is 111 Å². The lowest BCUT2D eigenvalue weighted by molar-refractivity contribution is -0.159. The van der Waals surface area contributed by atoms with Crippen molar-refractivity contribution in [3.8, 4) is 0 Å². The SMILES string of the molecule is O=C1[C@H]2CC=CC[C@H]2C(=O)N1CC1(C(=O)O)CCC1. The second-order valence-corrected chi connectivity index (χ2v) is 5.86. The molecule has 1 saturated carbocycles. The van der Waals surface area contributed by atoms with Gasteiger partial charge in [-0.15, -0.1) is 0 Å². The number of carboxylic acids is 1. The average molecular weight is 263 g/mol. The molecule has 2 amide bonds. The van der Waals surface area contributed by atoms with E-state index in [1.54, 1.807) is 0 Å². The monoisotopic (exact) mass is 263 g/mol. The molecule has 1 saturated heterocycles. The summed E-state index contributed by atoms with van der Waals surface area (Å²) in [6.07, 6.45) is 7.06. The molecular weight excluding hydrogens is 246 g/mol. The fourth-order valence-corrected chi connectivity index (χ4v) is 3.37. The third kappa shape index (κ3) is 1.71. The van der Waals surface area contributed by atoms with E-state index in [0.29, 0.717) is 25.7 Å². The van der Waals surface area contributed by atoms with Crippen LogP contribution in [0.1, 0.15) is 32.1 Å². The summed E-state index contributed by atoms with van der Waals surface area (Å²) in [4.78, 5) is 37.1. The fraction of sp³-hybridized carbons (Fsp3) is 0.643. The Morgan fingerprint density at radius 1 is 1.21 bits per heavy atom. The summed E-state index contributed by atoms with van der Waals surface area (Å²) in [6, 6.07) is 0. The quantitative estimate of drug-likeness (QED) is 0.613. The first-order valence-corrected chi connectivity index (χ1v) is 6.79. The Balaban J connectivity index is 1.80. The van der Waals surface area contributed by atoms with Crippen molar-refractivity contribution in [2.24, 2.45) is 17.3 Å². The molecular formula is C14H17NO4. The lowest BCUT2D eigenvalue weighted by Crippen LogP contribution is -2.49. The Morgan fingerprint density at radius 3 is 2.11 bits per heavy atom. The molecule has 0 bridgehead atoms. The van der Waals surface area contributed by atoms with E-state index >= 15 is 0 Å². The molecule has 5 heteroatoms. The van der Waals surface area contributed by atoms with Crippen LogP contribution >= 0.6 is 0 Å². The van der Waals surface area contributed by atoms with Crippen LogP contribution in [0.2, 0.25) is 0 Å². The first-order valence-electron chi connectivity index (χ1n) is 6.79. The van der Waals surface area contributed by atoms with E-state index in [1.165, 1.54) is 4.90 Å². The lowest BCUT2D eigenvalue weighted by atomic mass is 9.68. The highest BCUT2D eigenvalue weighted by Gasteiger charge is 2.53. The van der Waals surface area contributed by atoms with Gasteiger partial charge in [0.15, 0.2) is 0 Å². The van der Waals surface area contributed by atoms with Crippen LogP contribution in [0.5, 0.6) is 0 Å². The highest BCUT2D eigenvalue weighted by atomic mass is 16.4. The minimum absolute atomic E-state index is 0.0625. The zero-order valence-corrected chi connectivity index (χ0v) is 10.7. The first-order chi connectivity index (χ1) is 9.05. The number of amides is 2. The van der Waals surface area contributed by atoms with Gasteiger partial charge in [-0.3, -0.25) is 19.3 Å². The van der Waals surface area contributed by atoms with E-state index in [9.17, 15) is 19.5 Å². The molecule has 0 unspecified atom stereocenters. The molecule has 1 N–H and O–H groups in total. The lowest BCUT2D eigenvalue weighted by Gasteiger charge is -2.39. The molecule has 0 aromatic heterocycles. The number of nitrogens with zero attached hydrogens (tertiary/aromatic N) is 1. The number of likely N-dealkylation sites (tertiary alicyclic amines) is 1. The minimum atomic E-state index is -0.883.